The van der Waals surface area contributed by atoms with E-state index in [-0.39, 0.29) is 5.44 Å². The zero-order chi connectivity index (χ0) is 14.0. The highest BCUT2D eigenvalue weighted by Gasteiger charge is 2.14. The molecule has 0 aliphatic rings. The van der Waals surface area contributed by atoms with Crippen LogP contribution in [0, 0.1) is 11.3 Å². The van der Waals surface area contributed by atoms with Crippen LogP contribution in [0.15, 0.2) is 0 Å². The van der Waals surface area contributed by atoms with Crippen molar-refractivity contribution in [2.75, 3.05) is 19.8 Å². The van der Waals surface area contributed by atoms with Gasteiger partial charge in [-0.3, -0.25) is 0 Å². The van der Waals surface area contributed by atoms with Gasteiger partial charge in [0.2, 0.25) is 0 Å². The van der Waals surface area contributed by atoms with Gasteiger partial charge in [0.25, 0.3) is 0 Å². The summed E-state index contributed by atoms with van der Waals surface area (Å²) in [4.78, 5) is 0. The molecule has 0 aromatic carbocycles. The third-order valence-corrected chi connectivity index (χ3v) is 2.91. The number of ether oxygens (including phenoxy) is 2. The van der Waals surface area contributed by atoms with E-state index in [4.69, 9.17) is 9.47 Å². The van der Waals surface area contributed by atoms with E-state index in [0.717, 1.165) is 38.6 Å². The molecule has 0 amide bonds. The summed E-state index contributed by atoms with van der Waals surface area (Å²) in [6.45, 7) is 13.7. The van der Waals surface area contributed by atoms with Gasteiger partial charge in [-0.1, -0.05) is 27.7 Å². The maximum Gasteiger partial charge on any atom is 0.0971 e. The Morgan fingerprint density at radius 3 is 2.17 bits per heavy atom. The van der Waals surface area contributed by atoms with Crippen LogP contribution in [0.4, 0.5) is 0 Å². The van der Waals surface area contributed by atoms with E-state index < -0.39 is 0 Å². The van der Waals surface area contributed by atoms with Gasteiger partial charge < -0.3 is 9.47 Å². The van der Waals surface area contributed by atoms with E-state index in [9.17, 15) is 0 Å². The van der Waals surface area contributed by atoms with Gasteiger partial charge in [-0.15, -0.1) is 12.6 Å². The lowest BCUT2D eigenvalue weighted by molar-refractivity contribution is 0.0907. The molecule has 2 unspecified atom stereocenters. The zero-order valence-electron chi connectivity index (χ0n) is 12.9. The highest BCUT2D eigenvalue weighted by molar-refractivity contribution is 7.80. The van der Waals surface area contributed by atoms with Gasteiger partial charge in [0, 0.05) is 19.8 Å². The van der Waals surface area contributed by atoms with E-state index in [1.165, 1.54) is 12.8 Å². The van der Waals surface area contributed by atoms with Gasteiger partial charge in [-0.2, -0.15) is 0 Å². The molecule has 0 spiro atoms. The van der Waals surface area contributed by atoms with Gasteiger partial charge >= 0.3 is 0 Å². The Hall–Kier alpha value is 0.270. The van der Waals surface area contributed by atoms with E-state index >= 15 is 0 Å². The van der Waals surface area contributed by atoms with Crippen molar-refractivity contribution in [3.8, 4) is 0 Å². The predicted octanol–water partition coefficient (Wildman–Crippen LogP) is 4.54. The molecule has 0 radical (unpaired) electrons. The minimum absolute atomic E-state index is 0.0455. The van der Waals surface area contributed by atoms with Crippen LogP contribution >= 0.6 is 12.6 Å². The Morgan fingerprint density at radius 2 is 1.61 bits per heavy atom. The molecule has 0 aliphatic heterocycles. The van der Waals surface area contributed by atoms with E-state index in [1.807, 2.05) is 6.92 Å². The number of thiol groups is 1. The van der Waals surface area contributed by atoms with Crippen LogP contribution in [0.25, 0.3) is 0 Å². The van der Waals surface area contributed by atoms with Crippen molar-refractivity contribution in [1.29, 1.82) is 0 Å². The van der Waals surface area contributed by atoms with Gasteiger partial charge in [0.1, 0.15) is 0 Å². The van der Waals surface area contributed by atoms with Crippen molar-refractivity contribution in [2.24, 2.45) is 11.3 Å². The number of unbranched alkanes of at least 4 members (excludes halogenated alkanes) is 1. The maximum absolute atomic E-state index is 5.65. The fourth-order valence-electron chi connectivity index (χ4n) is 2.09. The Kier molecular flexibility index (Phi) is 10.3. The van der Waals surface area contributed by atoms with Crippen molar-refractivity contribution in [1.82, 2.24) is 0 Å². The van der Waals surface area contributed by atoms with E-state index in [1.54, 1.807) is 0 Å². The van der Waals surface area contributed by atoms with Crippen LogP contribution < -0.4 is 0 Å². The Balaban J connectivity index is 3.25. The summed E-state index contributed by atoms with van der Waals surface area (Å²) >= 11 is 4.16. The molecule has 0 rings (SSSR count). The van der Waals surface area contributed by atoms with Crippen LogP contribution in [0.1, 0.15) is 60.3 Å². The minimum atomic E-state index is 0.0455. The Labute approximate surface area is 119 Å². The fraction of sp³-hybridized carbons (Fsp3) is 1.00. The summed E-state index contributed by atoms with van der Waals surface area (Å²) in [6, 6.07) is 0. The molecule has 0 bridgehead atoms. The monoisotopic (exact) mass is 276 g/mol. The molecular weight excluding hydrogens is 244 g/mol. The quantitative estimate of drug-likeness (QED) is 0.359. The van der Waals surface area contributed by atoms with Crippen LogP contribution in [-0.4, -0.2) is 25.3 Å². The smallest absolute Gasteiger partial charge is 0.0971 e. The van der Waals surface area contributed by atoms with Crippen molar-refractivity contribution in [3.63, 3.8) is 0 Å². The SMILES string of the molecule is CC(CCOCCCCOC(C)S)CC(C)(C)C. The van der Waals surface area contributed by atoms with E-state index in [2.05, 4.69) is 40.3 Å². The van der Waals surface area contributed by atoms with E-state index in [0.29, 0.717) is 5.41 Å². The second-order valence-electron chi connectivity index (χ2n) is 6.45. The van der Waals surface area contributed by atoms with Crippen molar-refractivity contribution in [2.45, 2.75) is 65.7 Å². The number of hydrogen-bond acceptors (Lipinski definition) is 3. The second kappa shape index (κ2) is 10.1. The minimum Gasteiger partial charge on any atom is -0.381 e. The maximum atomic E-state index is 5.65. The molecular formula is C15H32O2S. The molecule has 3 heteroatoms. The van der Waals surface area contributed by atoms with Gasteiger partial charge in [0.05, 0.1) is 5.44 Å². The molecule has 110 valence electrons. The molecule has 0 saturated carbocycles. The van der Waals surface area contributed by atoms with Crippen molar-refractivity contribution >= 4 is 12.6 Å². The highest BCUT2D eigenvalue weighted by atomic mass is 32.1. The van der Waals surface area contributed by atoms with Gasteiger partial charge in [0.15, 0.2) is 0 Å². The fourth-order valence-corrected chi connectivity index (χ4v) is 2.20. The summed E-state index contributed by atoms with van der Waals surface area (Å²) in [5.41, 5.74) is 0.476. The summed E-state index contributed by atoms with van der Waals surface area (Å²) in [6.07, 6.45) is 4.57. The Bertz CT molecular complexity index is 187. The molecule has 2 nitrogen and oxygen atoms in total. The first-order valence-electron chi connectivity index (χ1n) is 7.18. The molecule has 0 aromatic rings. The highest BCUT2D eigenvalue weighted by Crippen LogP contribution is 2.25. The van der Waals surface area contributed by atoms with Gasteiger partial charge in [-0.05, 0) is 43.9 Å². The first-order valence-corrected chi connectivity index (χ1v) is 7.70. The summed E-state index contributed by atoms with van der Waals surface area (Å²) < 4.78 is 11.0. The lowest BCUT2D eigenvalue weighted by Gasteiger charge is -2.23. The standard InChI is InChI=1S/C15H32O2S/c1-13(12-15(3,4)5)8-11-16-9-6-7-10-17-14(2)18/h13-14,18H,6-12H2,1-5H3. The zero-order valence-corrected chi connectivity index (χ0v) is 13.8. The van der Waals surface area contributed by atoms with Crippen LogP contribution in [0.3, 0.4) is 0 Å². The third kappa shape index (κ3) is 14.3. The first-order chi connectivity index (χ1) is 8.31. The number of hydrogen-bond donors (Lipinski definition) is 1. The number of rotatable bonds is 10. The van der Waals surface area contributed by atoms with Crippen molar-refractivity contribution < 1.29 is 9.47 Å². The summed E-state index contributed by atoms with van der Waals surface area (Å²) in [5.74, 6) is 0.748. The van der Waals surface area contributed by atoms with Crippen LogP contribution in [-0.2, 0) is 9.47 Å². The topological polar surface area (TPSA) is 18.5 Å². The molecule has 0 heterocycles. The molecule has 18 heavy (non-hydrogen) atoms. The lowest BCUT2D eigenvalue weighted by atomic mass is 9.84. The van der Waals surface area contributed by atoms with Gasteiger partial charge in [-0.25, -0.2) is 0 Å². The first kappa shape index (κ1) is 18.3. The Morgan fingerprint density at radius 1 is 1.00 bits per heavy atom. The average Bonchev–Trinajstić information content (AvgIpc) is 2.18. The third-order valence-electron chi connectivity index (χ3n) is 2.76. The molecule has 0 aromatic heterocycles. The van der Waals surface area contributed by atoms with Crippen LogP contribution in [0.2, 0.25) is 0 Å². The predicted molar refractivity (Wildman–Crippen MR) is 82.3 cm³/mol. The molecule has 0 N–H and O–H groups in total. The molecule has 0 fully saturated rings. The largest absolute Gasteiger partial charge is 0.381 e. The summed E-state index contributed by atoms with van der Waals surface area (Å²) in [5, 5.41) is 0. The summed E-state index contributed by atoms with van der Waals surface area (Å²) in [7, 11) is 0. The molecule has 0 saturated heterocycles. The van der Waals surface area contributed by atoms with Crippen LogP contribution in [0.5, 0.6) is 0 Å². The normalized spacial score (nSPS) is 15.7. The molecule has 0 aliphatic carbocycles. The lowest BCUT2D eigenvalue weighted by Crippen LogP contribution is -2.13. The van der Waals surface area contributed by atoms with Crippen molar-refractivity contribution in [3.05, 3.63) is 0 Å². The second-order valence-corrected chi connectivity index (χ2v) is 7.18. The average molecular weight is 276 g/mol. The molecule has 2 atom stereocenters.